The molecule has 0 unspecified atom stereocenters. The summed E-state index contributed by atoms with van der Waals surface area (Å²) in [4.78, 5) is 27.5. The highest BCUT2D eigenvalue weighted by Gasteiger charge is 2.09. The SMILES string of the molecule is NCCC(=O)n1ccc2cc(-n3ccncc3=O)ccc21. The standard InChI is InChI=1S/C15H14N4O2/c16-5-3-14(20)19-7-4-11-9-12(1-2-13(11)19)18-8-6-17-10-15(18)21/h1-2,4,6-10H,3,5,16H2. The van der Waals surface area contributed by atoms with Gasteiger partial charge in [0, 0.05) is 42.6 Å². The fourth-order valence-electron chi connectivity index (χ4n) is 2.30. The highest BCUT2D eigenvalue weighted by Crippen LogP contribution is 2.19. The van der Waals surface area contributed by atoms with Crippen LogP contribution in [0.5, 0.6) is 0 Å². The van der Waals surface area contributed by atoms with Gasteiger partial charge in [-0.05, 0) is 24.3 Å². The summed E-state index contributed by atoms with van der Waals surface area (Å²) < 4.78 is 3.09. The molecule has 3 aromatic rings. The largest absolute Gasteiger partial charge is 0.330 e. The predicted molar refractivity (Wildman–Crippen MR) is 79.6 cm³/mol. The first-order chi connectivity index (χ1) is 10.2. The number of fused-ring (bicyclic) bond motifs is 1. The third kappa shape index (κ3) is 2.36. The van der Waals surface area contributed by atoms with Gasteiger partial charge in [-0.3, -0.25) is 23.7 Å². The van der Waals surface area contributed by atoms with E-state index in [1.54, 1.807) is 29.2 Å². The van der Waals surface area contributed by atoms with Gasteiger partial charge in [0.05, 0.1) is 11.7 Å². The molecule has 0 aliphatic rings. The fraction of sp³-hybridized carbons (Fsp3) is 0.133. The summed E-state index contributed by atoms with van der Waals surface area (Å²) >= 11 is 0. The number of carbonyl (C=O) groups is 1. The average molecular weight is 282 g/mol. The first-order valence-electron chi connectivity index (χ1n) is 6.58. The molecule has 2 aromatic heterocycles. The minimum absolute atomic E-state index is 0.0404. The Hall–Kier alpha value is -2.73. The van der Waals surface area contributed by atoms with Crippen molar-refractivity contribution < 1.29 is 4.79 Å². The van der Waals surface area contributed by atoms with Crippen LogP contribution in [0, 0.1) is 0 Å². The maximum absolute atomic E-state index is 11.9. The van der Waals surface area contributed by atoms with E-state index in [0.717, 1.165) is 16.6 Å². The van der Waals surface area contributed by atoms with Crippen molar-refractivity contribution in [2.45, 2.75) is 6.42 Å². The number of carbonyl (C=O) groups excluding carboxylic acids is 1. The molecule has 0 radical (unpaired) electrons. The van der Waals surface area contributed by atoms with E-state index in [0.29, 0.717) is 13.0 Å². The van der Waals surface area contributed by atoms with Crippen LogP contribution in [0.4, 0.5) is 0 Å². The number of aromatic nitrogens is 3. The van der Waals surface area contributed by atoms with Crippen LogP contribution in [0.2, 0.25) is 0 Å². The molecule has 0 amide bonds. The van der Waals surface area contributed by atoms with Crippen molar-refractivity contribution in [3.05, 3.63) is 59.4 Å². The number of hydrogen-bond donors (Lipinski definition) is 1. The van der Waals surface area contributed by atoms with Crippen molar-refractivity contribution in [1.29, 1.82) is 0 Å². The summed E-state index contributed by atoms with van der Waals surface area (Å²) in [5, 5.41) is 0.890. The lowest BCUT2D eigenvalue weighted by Crippen LogP contribution is -2.16. The molecule has 106 valence electrons. The molecule has 2 N–H and O–H groups in total. The molecule has 21 heavy (non-hydrogen) atoms. The van der Waals surface area contributed by atoms with Gasteiger partial charge >= 0.3 is 0 Å². The molecule has 0 saturated carbocycles. The van der Waals surface area contributed by atoms with Crippen molar-refractivity contribution in [2.24, 2.45) is 5.73 Å². The van der Waals surface area contributed by atoms with Crippen LogP contribution in [-0.4, -0.2) is 26.6 Å². The summed E-state index contributed by atoms with van der Waals surface area (Å²) in [6.45, 7) is 0.322. The lowest BCUT2D eigenvalue weighted by molar-refractivity contribution is 0.0911. The molecular weight excluding hydrogens is 268 g/mol. The molecule has 6 nitrogen and oxygen atoms in total. The van der Waals surface area contributed by atoms with E-state index in [2.05, 4.69) is 4.98 Å². The Morgan fingerprint density at radius 2 is 2.10 bits per heavy atom. The number of rotatable bonds is 3. The lowest BCUT2D eigenvalue weighted by Gasteiger charge is -2.06. The van der Waals surface area contributed by atoms with Crippen molar-refractivity contribution in [3.63, 3.8) is 0 Å². The minimum atomic E-state index is -0.199. The third-order valence-electron chi connectivity index (χ3n) is 3.30. The topological polar surface area (TPSA) is 82.9 Å². The molecule has 2 heterocycles. The Morgan fingerprint density at radius 1 is 1.24 bits per heavy atom. The van der Waals surface area contributed by atoms with Crippen LogP contribution in [0.3, 0.4) is 0 Å². The Morgan fingerprint density at radius 3 is 2.86 bits per heavy atom. The second kappa shape index (κ2) is 5.34. The summed E-state index contributed by atoms with van der Waals surface area (Å²) in [5.41, 5.74) is 6.76. The highest BCUT2D eigenvalue weighted by molar-refractivity contribution is 5.93. The zero-order valence-electron chi connectivity index (χ0n) is 11.3. The fourth-order valence-corrected chi connectivity index (χ4v) is 2.30. The molecule has 6 heteroatoms. The first kappa shape index (κ1) is 13.3. The van der Waals surface area contributed by atoms with Crippen molar-refractivity contribution in [3.8, 4) is 5.69 Å². The number of hydrogen-bond acceptors (Lipinski definition) is 4. The molecule has 1 aromatic carbocycles. The zero-order valence-corrected chi connectivity index (χ0v) is 11.3. The average Bonchev–Trinajstić information content (AvgIpc) is 2.91. The van der Waals surface area contributed by atoms with Crippen LogP contribution in [0.25, 0.3) is 16.6 Å². The molecule has 0 saturated heterocycles. The first-order valence-corrected chi connectivity index (χ1v) is 6.58. The van der Waals surface area contributed by atoms with E-state index in [1.807, 2.05) is 18.2 Å². The number of nitrogens with two attached hydrogens (primary N) is 1. The van der Waals surface area contributed by atoms with E-state index in [9.17, 15) is 9.59 Å². The van der Waals surface area contributed by atoms with Gasteiger partial charge in [-0.1, -0.05) is 0 Å². The van der Waals surface area contributed by atoms with E-state index in [1.165, 1.54) is 10.8 Å². The zero-order chi connectivity index (χ0) is 14.8. The van der Waals surface area contributed by atoms with Gasteiger partial charge in [-0.2, -0.15) is 0 Å². The van der Waals surface area contributed by atoms with Crippen LogP contribution in [0.1, 0.15) is 11.2 Å². The van der Waals surface area contributed by atoms with Crippen LogP contribution in [0.15, 0.2) is 53.8 Å². The van der Waals surface area contributed by atoms with Gasteiger partial charge in [0.25, 0.3) is 5.56 Å². The van der Waals surface area contributed by atoms with Crippen molar-refractivity contribution in [1.82, 2.24) is 14.1 Å². The van der Waals surface area contributed by atoms with Crippen molar-refractivity contribution in [2.75, 3.05) is 6.54 Å². The van der Waals surface area contributed by atoms with Crippen LogP contribution in [-0.2, 0) is 0 Å². The van der Waals surface area contributed by atoms with Gasteiger partial charge in [0.15, 0.2) is 0 Å². The van der Waals surface area contributed by atoms with Gasteiger partial charge in [0.2, 0.25) is 5.91 Å². The normalized spacial score (nSPS) is 10.9. The molecule has 0 aliphatic carbocycles. The van der Waals surface area contributed by atoms with Gasteiger partial charge in [0.1, 0.15) is 0 Å². The predicted octanol–water partition coefficient (Wildman–Crippen LogP) is 1.18. The van der Waals surface area contributed by atoms with Gasteiger partial charge in [-0.15, -0.1) is 0 Å². The molecule has 3 rings (SSSR count). The third-order valence-corrected chi connectivity index (χ3v) is 3.30. The molecular formula is C15H14N4O2. The number of nitrogens with zero attached hydrogens (tertiary/aromatic N) is 3. The molecule has 0 aliphatic heterocycles. The second-order valence-corrected chi connectivity index (χ2v) is 4.65. The van der Waals surface area contributed by atoms with Crippen LogP contribution >= 0.6 is 0 Å². The molecule has 0 bridgehead atoms. The Bertz CT molecular complexity index is 863. The van der Waals surface area contributed by atoms with E-state index in [-0.39, 0.29) is 11.5 Å². The summed E-state index contributed by atoms with van der Waals surface area (Å²) in [6, 6.07) is 7.34. The maximum Gasteiger partial charge on any atom is 0.273 e. The van der Waals surface area contributed by atoms with E-state index < -0.39 is 0 Å². The van der Waals surface area contributed by atoms with Gasteiger partial charge < -0.3 is 5.73 Å². The Balaban J connectivity index is 2.09. The van der Waals surface area contributed by atoms with Gasteiger partial charge in [-0.25, -0.2) is 0 Å². The quantitative estimate of drug-likeness (QED) is 0.782. The lowest BCUT2D eigenvalue weighted by atomic mass is 10.2. The minimum Gasteiger partial charge on any atom is -0.330 e. The maximum atomic E-state index is 11.9. The highest BCUT2D eigenvalue weighted by atomic mass is 16.2. The molecule has 0 spiro atoms. The smallest absolute Gasteiger partial charge is 0.273 e. The molecule has 0 fully saturated rings. The number of benzene rings is 1. The summed E-state index contributed by atoms with van der Waals surface area (Å²) in [6.07, 6.45) is 6.46. The Kier molecular flexibility index (Phi) is 3.37. The summed E-state index contributed by atoms with van der Waals surface area (Å²) in [5.74, 6) is -0.0404. The second-order valence-electron chi connectivity index (χ2n) is 4.65. The van der Waals surface area contributed by atoms with Crippen LogP contribution < -0.4 is 11.3 Å². The molecule has 0 atom stereocenters. The van der Waals surface area contributed by atoms with E-state index >= 15 is 0 Å². The Labute approximate surface area is 120 Å². The van der Waals surface area contributed by atoms with Crippen molar-refractivity contribution >= 4 is 16.8 Å². The monoisotopic (exact) mass is 282 g/mol. The van der Waals surface area contributed by atoms with E-state index in [4.69, 9.17) is 5.73 Å². The summed E-state index contributed by atoms with van der Waals surface area (Å²) in [7, 11) is 0.